The number of para-hydroxylation sites is 1. The molecule has 0 saturated carbocycles. The van der Waals surface area contributed by atoms with Gasteiger partial charge in [-0.25, -0.2) is 4.79 Å². The Bertz CT molecular complexity index is 664. The van der Waals surface area contributed by atoms with Crippen molar-refractivity contribution in [2.75, 3.05) is 6.61 Å². The van der Waals surface area contributed by atoms with Gasteiger partial charge in [0.25, 0.3) is 0 Å². The van der Waals surface area contributed by atoms with Gasteiger partial charge < -0.3 is 9.84 Å². The second kappa shape index (κ2) is 4.70. The number of hydrogen-bond donors (Lipinski definition) is 1. The zero-order valence-corrected chi connectivity index (χ0v) is 11.6. The van der Waals surface area contributed by atoms with Gasteiger partial charge in [0, 0.05) is 16.5 Å². The molecule has 1 heterocycles. The summed E-state index contributed by atoms with van der Waals surface area (Å²) in [5.74, 6) is -0.0663. The molecule has 0 fully saturated rings. The third kappa shape index (κ3) is 2.12. The highest BCUT2D eigenvalue weighted by molar-refractivity contribution is 9.10. The Kier molecular flexibility index (Phi) is 3.03. The molecule has 1 aliphatic heterocycles. The zero-order valence-electron chi connectivity index (χ0n) is 10.0. The number of hydrogen-bond acceptors (Lipinski definition) is 2. The zero-order chi connectivity index (χ0) is 13.4. The minimum atomic E-state index is -0.942. The van der Waals surface area contributed by atoms with Gasteiger partial charge in [0.05, 0.1) is 12.2 Å². The number of fused-ring (bicyclic) bond motifs is 1. The predicted octanol–water partition coefficient (Wildman–Crippen LogP) is 3.75. The molecule has 3 nitrogen and oxygen atoms in total. The van der Waals surface area contributed by atoms with Gasteiger partial charge in [-0.1, -0.05) is 24.3 Å². The minimum Gasteiger partial charge on any atom is -0.492 e. The number of benzene rings is 2. The van der Waals surface area contributed by atoms with Gasteiger partial charge >= 0.3 is 5.97 Å². The van der Waals surface area contributed by atoms with Crippen LogP contribution in [0.5, 0.6) is 5.75 Å². The summed E-state index contributed by atoms with van der Waals surface area (Å²) < 4.78 is 6.24. The summed E-state index contributed by atoms with van der Waals surface area (Å²) in [5.41, 5.74) is 3.25. The molecule has 0 atom stereocenters. The van der Waals surface area contributed by atoms with E-state index < -0.39 is 5.97 Å². The van der Waals surface area contributed by atoms with Crippen molar-refractivity contribution in [2.45, 2.75) is 6.42 Å². The number of halogens is 1. The summed E-state index contributed by atoms with van der Waals surface area (Å²) in [7, 11) is 0. The van der Waals surface area contributed by atoms with Crippen LogP contribution in [0.2, 0.25) is 0 Å². The van der Waals surface area contributed by atoms with Crippen molar-refractivity contribution in [3.8, 4) is 16.9 Å². The normalized spacial score (nSPS) is 12.9. The van der Waals surface area contributed by atoms with Crippen LogP contribution >= 0.6 is 15.9 Å². The van der Waals surface area contributed by atoms with E-state index in [2.05, 4.69) is 15.9 Å². The van der Waals surface area contributed by atoms with Crippen molar-refractivity contribution < 1.29 is 14.6 Å². The molecule has 0 aromatic heterocycles. The molecular formula is C15H11BrO3. The fourth-order valence-corrected chi connectivity index (χ4v) is 2.72. The van der Waals surface area contributed by atoms with E-state index in [1.54, 1.807) is 12.1 Å². The molecule has 2 aromatic rings. The van der Waals surface area contributed by atoms with E-state index in [1.807, 2.05) is 24.3 Å². The quantitative estimate of drug-likeness (QED) is 0.917. The van der Waals surface area contributed by atoms with Gasteiger partial charge in [-0.2, -0.15) is 0 Å². The molecular weight excluding hydrogens is 308 g/mol. The molecule has 1 N–H and O–H groups in total. The van der Waals surface area contributed by atoms with Crippen LogP contribution in [0.1, 0.15) is 15.9 Å². The standard InChI is InChI=1S/C15H11BrO3/c16-13-5-4-10(8-12(13)15(17)18)11-3-1-2-9-6-7-19-14(9)11/h1-5,8H,6-7H2,(H,17,18). The molecule has 0 saturated heterocycles. The van der Waals surface area contributed by atoms with Gasteiger partial charge in [-0.15, -0.1) is 0 Å². The van der Waals surface area contributed by atoms with E-state index in [4.69, 9.17) is 9.84 Å². The van der Waals surface area contributed by atoms with Crippen molar-refractivity contribution >= 4 is 21.9 Å². The summed E-state index contributed by atoms with van der Waals surface area (Å²) in [4.78, 5) is 11.2. The molecule has 0 bridgehead atoms. The number of rotatable bonds is 2. The van der Waals surface area contributed by atoms with Crippen LogP contribution in [0.3, 0.4) is 0 Å². The molecule has 4 heteroatoms. The van der Waals surface area contributed by atoms with Crippen molar-refractivity contribution in [1.29, 1.82) is 0 Å². The second-order valence-electron chi connectivity index (χ2n) is 4.39. The molecule has 0 amide bonds. The molecule has 2 aromatic carbocycles. The Morgan fingerprint density at radius 2 is 2.11 bits per heavy atom. The first-order valence-corrected chi connectivity index (χ1v) is 6.74. The monoisotopic (exact) mass is 318 g/mol. The highest BCUT2D eigenvalue weighted by Crippen LogP contribution is 2.37. The fourth-order valence-electron chi connectivity index (χ4n) is 2.30. The SMILES string of the molecule is O=C(O)c1cc(-c2cccc3c2OCC3)ccc1Br. The Labute approximate surface area is 119 Å². The van der Waals surface area contributed by atoms with Crippen LogP contribution in [0.15, 0.2) is 40.9 Å². The van der Waals surface area contributed by atoms with Crippen molar-refractivity contribution in [3.05, 3.63) is 52.0 Å². The lowest BCUT2D eigenvalue weighted by Gasteiger charge is -2.09. The lowest BCUT2D eigenvalue weighted by atomic mass is 9.99. The van der Waals surface area contributed by atoms with E-state index in [1.165, 1.54) is 5.56 Å². The number of carboxylic acids is 1. The molecule has 0 radical (unpaired) electrons. The van der Waals surface area contributed by atoms with Gasteiger partial charge in [0.15, 0.2) is 0 Å². The van der Waals surface area contributed by atoms with Crippen LogP contribution in [0.4, 0.5) is 0 Å². The number of carboxylic acid groups (broad SMARTS) is 1. The van der Waals surface area contributed by atoms with E-state index in [-0.39, 0.29) is 5.56 Å². The molecule has 0 unspecified atom stereocenters. The number of ether oxygens (including phenoxy) is 1. The molecule has 1 aliphatic rings. The first-order chi connectivity index (χ1) is 9.16. The minimum absolute atomic E-state index is 0.258. The van der Waals surface area contributed by atoms with Gasteiger partial charge in [-0.05, 0) is 39.2 Å². The van der Waals surface area contributed by atoms with Crippen LogP contribution < -0.4 is 4.74 Å². The van der Waals surface area contributed by atoms with E-state index in [0.717, 1.165) is 23.3 Å². The van der Waals surface area contributed by atoms with Gasteiger partial charge in [0.2, 0.25) is 0 Å². The average molecular weight is 319 g/mol. The Morgan fingerprint density at radius 3 is 2.89 bits per heavy atom. The smallest absolute Gasteiger partial charge is 0.336 e. The maximum Gasteiger partial charge on any atom is 0.336 e. The first-order valence-electron chi connectivity index (χ1n) is 5.95. The first kappa shape index (κ1) is 12.2. The van der Waals surface area contributed by atoms with Crippen LogP contribution in [-0.2, 0) is 6.42 Å². The van der Waals surface area contributed by atoms with Gasteiger partial charge in [-0.3, -0.25) is 0 Å². The maximum absolute atomic E-state index is 11.2. The van der Waals surface area contributed by atoms with E-state index in [9.17, 15) is 4.79 Å². The average Bonchev–Trinajstić information content (AvgIpc) is 2.87. The summed E-state index contributed by atoms with van der Waals surface area (Å²) in [6.45, 7) is 0.689. The third-order valence-electron chi connectivity index (χ3n) is 3.22. The Morgan fingerprint density at radius 1 is 1.26 bits per heavy atom. The summed E-state index contributed by atoms with van der Waals surface area (Å²) in [6, 6.07) is 11.3. The van der Waals surface area contributed by atoms with E-state index in [0.29, 0.717) is 11.1 Å². The number of aromatic carboxylic acids is 1. The van der Waals surface area contributed by atoms with Crippen LogP contribution in [0.25, 0.3) is 11.1 Å². The Hall–Kier alpha value is -1.81. The molecule has 3 rings (SSSR count). The van der Waals surface area contributed by atoms with Crippen molar-refractivity contribution in [1.82, 2.24) is 0 Å². The fraction of sp³-hybridized carbons (Fsp3) is 0.133. The van der Waals surface area contributed by atoms with Crippen molar-refractivity contribution in [2.24, 2.45) is 0 Å². The highest BCUT2D eigenvalue weighted by Gasteiger charge is 2.18. The summed E-state index contributed by atoms with van der Waals surface area (Å²) in [5, 5.41) is 9.17. The predicted molar refractivity (Wildman–Crippen MR) is 75.7 cm³/mol. The maximum atomic E-state index is 11.2. The summed E-state index contributed by atoms with van der Waals surface area (Å²) in [6.07, 6.45) is 0.908. The molecule has 0 aliphatic carbocycles. The second-order valence-corrected chi connectivity index (χ2v) is 5.25. The third-order valence-corrected chi connectivity index (χ3v) is 3.91. The topological polar surface area (TPSA) is 46.5 Å². The largest absolute Gasteiger partial charge is 0.492 e. The van der Waals surface area contributed by atoms with E-state index >= 15 is 0 Å². The molecule has 0 spiro atoms. The molecule has 19 heavy (non-hydrogen) atoms. The van der Waals surface area contributed by atoms with Gasteiger partial charge in [0.1, 0.15) is 5.75 Å². The summed E-state index contributed by atoms with van der Waals surface area (Å²) >= 11 is 3.25. The van der Waals surface area contributed by atoms with Crippen molar-refractivity contribution in [3.63, 3.8) is 0 Å². The number of carbonyl (C=O) groups is 1. The Balaban J connectivity index is 2.16. The lowest BCUT2D eigenvalue weighted by Crippen LogP contribution is -1.98. The molecule has 96 valence electrons. The van der Waals surface area contributed by atoms with Crippen LogP contribution in [-0.4, -0.2) is 17.7 Å². The van der Waals surface area contributed by atoms with Crippen LogP contribution in [0, 0.1) is 0 Å². The highest BCUT2D eigenvalue weighted by atomic mass is 79.9. The lowest BCUT2D eigenvalue weighted by molar-refractivity contribution is 0.0696.